The maximum atomic E-state index is 13.5. The minimum absolute atomic E-state index is 0.0295. The van der Waals surface area contributed by atoms with Gasteiger partial charge in [-0.25, -0.2) is 8.42 Å². The average molecular weight is 619 g/mol. The molecule has 0 bridgehead atoms. The van der Waals surface area contributed by atoms with Crippen LogP contribution >= 0.6 is 50.7 Å². The van der Waals surface area contributed by atoms with Crippen LogP contribution in [0.4, 0.5) is 5.69 Å². The van der Waals surface area contributed by atoms with Gasteiger partial charge in [0.05, 0.1) is 21.5 Å². The Balaban J connectivity index is 1.96. The van der Waals surface area contributed by atoms with E-state index in [1.165, 1.54) is 24.3 Å². The van der Waals surface area contributed by atoms with Gasteiger partial charge in [0.25, 0.3) is 0 Å². The lowest BCUT2D eigenvalue weighted by Crippen LogP contribution is -2.37. The second-order valence-electron chi connectivity index (χ2n) is 7.83. The van der Waals surface area contributed by atoms with E-state index in [2.05, 4.69) is 21.2 Å². The molecule has 0 aliphatic heterocycles. The number of aryl methyl sites for hydroxylation is 2. The van der Waals surface area contributed by atoms with Crippen molar-refractivity contribution in [3.8, 4) is 0 Å². The van der Waals surface area contributed by atoms with Gasteiger partial charge in [-0.2, -0.15) is 4.31 Å². The van der Waals surface area contributed by atoms with E-state index in [-0.39, 0.29) is 11.4 Å². The topological polar surface area (TPSA) is 66.5 Å². The fourth-order valence-corrected chi connectivity index (χ4v) is 5.99. The predicted octanol–water partition coefficient (Wildman–Crippen LogP) is 7.36. The normalized spacial score (nSPS) is 11.6. The van der Waals surface area contributed by atoms with Gasteiger partial charge in [0.1, 0.15) is 0 Å². The van der Waals surface area contributed by atoms with Crippen LogP contribution in [0.25, 0.3) is 0 Å². The van der Waals surface area contributed by atoms with Crippen LogP contribution in [0, 0.1) is 0 Å². The van der Waals surface area contributed by atoms with Crippen molar-refractivity contribution in [2.75, 3.05) is 11.9 Å². The highest BCUT2D eigenvalue weighted by Gasteiger charge is 2.28. The standard InChI is InChI=1S/C25H24BrCl3N2O3S/c1-3-17-12-19(26)13-18(4-2)25(17)30-24(32)15-31(14-16-5-10-22(28)23(29)11-16)35(33,34)21-8-6-20(27)7-9-21/h5-13H,3-4,14-15H2,1-2H3,(H,30,32). The predicted molar refractivity (Wildman–Crippen MR) is 147 cm³/mol. The van der Waals surface area contributed by atoms with Crippen LogP contribution in [-0.4, -0.2) is 25.2 Å². The second kappa shape index (κ2) is 12.1. The maximum absolute atomic E-state index is 13.5. The molecule has 0 fully saturated rings. The van der Waals surface area contributed by atoms with Crippen LogP contribution in [0.3, 0.4) is 0 Å². The fourth-order valence-electron chi connectivity index (χ4n) is 3.61. The molecule has 0 radical (unpaired) electrons. The highest BCUT2D eigenvalue weighted by molar-refractivity contribution is 9.10. The molecule has 0 atom stereocenters. The number of benzene rings is 3. The molecule has 186 valence electrons. The van der Waals surface area contributed by atoms with Gasteiger partial charge in [0.2, 0.25) is 15.9 Å². The number of hydrogen-bond acceptors (Lipinski definition) is 3. The Morgan fingerprint density at radius 2 is 1.51 bits per heavy atom. The number of carbonyl (C=O) groups is 1. The molecule has 0 saturated carbocycles. The van der Waals surface area contributed by atoms with E-state index in [4.69, 9.17) is 34.8 Å². The van der Waals surface area contributed by atoms with Crippen molar-refractivity contribution < 1.29 is 13.2 Å². The highest BCUT2D eigenvalue weighted by Crippen LogP contribution is 2.29. The first-order chi connectivity index (χ1) is 16.5. The van der Waals surface area contributed by atoms with Crippen LogP contribution in [0.5, 0.6) is 0 Å². The molecule has 0 saturated heterocycles. The summed E-state index contributed by atoms with van der Waals surface area (Å²) in [5.74, 6) is -0.450. The lowest BCUT2D eigenvalue weighted by atomic mass is 10.0. The number of nitrogens with one attached hydrogen (secondary N) is 1. The molecule has 3 aromatic rings. The van der Waals surface area contributed by atoms with Gasteiger partial charge in [0, 0.05) is 21.7 Å². The Labute approximate surface area is 229 Å². The molecule has 3 rings (SSSR count). The van der Waals surface area contributed by atoms with Crippen LogP contribution < -0.4 is 5.32 Å². The lowest BCUT2D eigenvalue weighted by Gasteiger charge is -2.23. The second-order valence-corrected chi connectivity index (χ2v) is 11.9. The van der Waals surface area contributed by atoms with Gasteiger partial charge in [0.15, 0.2) is 0 Å². The lowest BCUT2D eigenvalue weighted by molar-refractivity contribution is -0.116. The van der Waals surface area contributed by atoms with E-state index in [9.17, 15) is 13.2 Å². The molecule has 35 heavy (non-hydrogen) atoms. The van der Waals surface area contributed by atoms with Crippen molar-refractivity contribution in [1.29, 1.82) is 0 Å². The summed E-state index contributed by atoms with van der Waals surface area (Å²) < 4.78 is 29.1. The molecule has 0 spiro atoms. The third-order valence-electron chi connectivity index (χ3n) is 5.41. The third-order valence-corrected chi connectivity index (χ3v) is 8.66. The molecular formula is C25H24BrCl3N2O3S. The molecule has 0 aliphatic carbocycles. The van der Waals surface area contributed by atoms with E-state index in [1.807, 2.05) is 26.0 Å². The summed E-state index contributed by atoms with van der Waals surface area (Å²) in [6, 6.07) is 14.6. The summed E-state index contributed by atoms with van der Waals surface area (Å²) in [7, 11) is -4.03. The Bertz CT molecular complexity index is 1310. The first-order valence-electron chi connectivity index (χ1n) is 10.9. The smallest absolute Gasteiger partial charge is 0.243 e. The number of rotatable bonds is 9. The van der Waals surface area contributed by atoms with Gasteiger partial charge < -0.3 is 5.32 Å². The van der Waals surface area contributed by atoms with Crippen molar-refractivity contribution in [1.82, 2.24) is 4.31 Å². The molecule has 0 aromatic heterocycles. The first-order valence-corrected chi connectivity index (χ1v) is 14.2. The van der Waals surface area contributed by atoms with Crippen LogP contribution in [-0.2, 0) is 34.2 Å². The molecular weight excluding hydrogens is 595 g/mol. The summed E-state index contributed by atoms with van der Waals surface area (Å²) in [5.41, 5.74) is 3.22. The zero-order valence-electron chi connectivity index (χ0n) is 19.1. The van der Waals surface area contributed by atoms with Crippen molar-refractivity contribution in [2.24, 2.45) is 0 Å². The van der Waals surface area contributed by atoms with Crippen molar-refractivity contribution in [3.63, 3.8) is 0 Å². The van der Waals surface area contributed by atoms with E-state index in [1.54, 1.807) is 18.2 Å². The molecule has 1 N–H and O–H groups in total. The van der Waals surface area contributed by atoms with E-state index < -0.39 is 22.5 Å². The zero-order valence-corrected chi connectivity index (χ0v) is 23.8. The molecule has 3 aromatic carbocycles. The molecule has 5 nitrogen and oxygen atoms in total. The average Bonchev–Trinajstić information content (AvgIpc) is 2.82. The van der Waals surface area contributed by atoms with Gasteiger partial charge >= 0.3 is 0 Å². The summed E-state index contributed by atoms with van der Waals surface area (Å²) in [6.07, 6.45) is 1.41. The Morgan fingerprint density at radius 3 is 2.06 bits per heavy atom. The van der Waals surface area contributed by atoms with Crippen LogP contribution in [0.15, 0.2) is 64.0 Å². The number of nitrogens with zero attached hydrogens (tertiary/aromatic N) is 1. The third kappa shape index (κ3) is 7.00. The van der Waals surface area contributed by atoms with Crippen molar-refractivity contribution >= 4 is 72.4 Å². The van der Waals surface area contributed by atoms with Crippen LogP contribution in [0.2, 0.25) is 15.1 Å². The van der Waals surface area contributed by atoms with Crippen molar-refractivity contribution in [2.45, 2.75) is 38.1 Å². The van der Waals surface area contributed by atoms with Crippen molar-refractivity contribution in [3.05, 3.63) is 90.8 Å². The molecule has 1 amide bonds. The fraction of sp³-hybridized carbons (Fsp3) is 0.240. The number of sulfonamides is 1. The number of carbonyl (C=O) groups excluding carboxylic acids is 1. The summed E-state index contributed by atoms with van der Waals surface area (Å²) in [5, 5.41) is 4.01. The molecule has 0 unspecified atom stereocenters. The largest absolute Gasteiger partial charge is 0.324 e. The number of hydrogen-bond donors (Lipinski definition) is 1. The minimum atomic E-state index is -4.03. The van der Waals surface area contributed by atoms with Gasteiger partial charge in [-0.1, -0.05) is 70.6 Å². The summed E-state index contributed by atoms with van der Waals surface area (Å²) in [4.78, 5) is 13.2. The quantitative estimate of drug-likeness (QED) is 0.273. The van der Waals surface area contributed by atoms with E-state index >= 15 is 0 Å². The zero-order chi connectivity index (χ0) is 25.8. The SMILES string of the molecule is CCc1cc(Br)cc(CC)c1NC(=O)CN(Cc1ccc(Cl)c(Cl)c1)S(=O)(=O)c1ccc(Cl)cc1. The minimum Gasteiger partial charge on any atom is -0.324 e. The number of halogens is 4. The van der Waals surface area contributed by atoms with E-state index in [0.717, 1.165) is 19.9 Å². The summed E-state index contributed by atoms with van der Waals surface area (Å²) >= 11 is 21.6. The molecule has 10 heteroatoms. The van der Waals surface area contributed by atoms with E-state index in [0.29, 0.717) is 39.2 Å². The Hall–Kier alpha value is -1.61. The monoisotopic (exact) mass is 616 g/mol. The number of anilines is 1. The maximum Gasteiger partial charge on any atom is 0.243 e. The number of amides is 1. The molecule has 0 aliphatic rings. The van der Waals surface area contributed by atoms with Gasteiger partial charge in [-0.15, -0.1) is 0 Å². The first kappa shape index (κ1) is 28.0. The summed E-state index contributed by atoms with van der Waals surface area (Å²) in [6.45, 7) is 3.53. The van der Waals surface area contributed by atoms with Crippen LogP contribution in [0.1, 0.15) is 30.5 Å². The van der Waals surface area contributed by atoms with Gasteiger partial charge in [-0.05, 0) is 78.1 Å². The Morgan fingerprint density at radius 1 is 0.914 bits per heavy atom. The Kier molecular flexibility index (Phi) is 9.66. The molecule has 0 heterocycles. The highest BCUT2D eigenvalue weighted by atomic mass is 79.9. The van der Waals surface area contributed by atoms with Gasteiger partial charge in [-0.3, -0.25) is 4.79 Å².